The maximum absolute atomic E-state index is 9.93. The van der Waals surface area contributed by atoms with Crippen molar-refractivity contribution < 1.29 is 9.84 Å². The van der Waals surface area contributed by atoms with Gasteiger partial charge in [-0.1, -0.05) is 12.1 Å². The zero-order valence-electron chi connectivity index (χ0n) is 11.2. The minimum atomic E-state index is 0.187. The Bertz CT molecular complexity index is 795. The van der Waals surface area contributed by atoms with E-state index >= 15 is 0 Å². The molecule has 0 spiro atoms. The maximum atomic E-state index is 9.93. The molecule has 0 aliphatic carbocycles. The number of benzene rings is 1. The number of rotatable bonds is 3. The molecule has 21 heavy (non-hydrogen) atoms. The first-order valence-electron chi connectivity index (χ1n) is 6.82. The molecule has 0 saturated carbocycles. The van der Waals surface area contributed by atoms with E-state index < -0.39 is 0 Å². The van der Waals surface area contributed by atoms with Gasteiger partial charge >= 0.3 is 0 Å². The zero-order chi connectivity index (χ0) is 14.2. The number of phenols is 1. The van der Waals surface area contributed by atoms with Crippen LogP contribution in [0, 0.1) is 0 Å². The standard InChI is InChI=1S/C15H14N4O2/c20-13-4-2-1-3-10(13)12-5-11-14(21-9-6-16-7-9)8-17-15(11)19-18-12/h1-5,8-9,16,20H,6-7H2,(H,17,19). The van der Waals surface area contributed by atoms with Crippen molar-refractivity contribution in [3.63, 3.8) is 0 Å². The molecule has 1 aliphatic heterocycles. The Morgan fingerprint density at radius 1 is 1.19 bits per heavy atom. The van der Waals surface area contributed by atoms with E-state index in [1.54, 1.807) is 18.3 Å². The van der Waals surface area contributed by atoms with Gasteiger partial charge in [0.05, 0.1) is 11.1 Å². The molecule has 4 rings (SSSR count). The van der Waals surface area contributed by atoms with E-state index in [1.807, 2.05) is 18.2 Å². The number of aromatic amines is 1. The van der Waals surface area contributed by atoms with Gasteiger partial charge in [-0.2, -0.15) is 0 Å². The number of hydrogen-bond donors (Lipinski definition) is 3. The van der Waals surface area contributed by atoms with Crippen molar-refractivity contribution >= 4 is 11.0 Å². The molecule has 1 aromatic carbocycles. The van der Waals surface area contributed by atoms with Crippen LogP contribution in [0.15, 0.2) is 36.5 Å². The van der Waals surface area contributed by atoms with Gasteiger partial charge in [-0.3, -0.25) is 0 Å². The highest BCUT2D eigenvalue weighted by molar-refractivity contribution is 5.86. The molecule has 1 saturated heterocycles. The summed E-state index contributed by atoms with van der Waals surface area (Å²) in [6.07, 6.45) is 2.00. The zero-order valence-corrected chi connectivity index (χ0v) is 11.2. The lowest BCUT2D eigenvalue weighted by Crippen LogP contribution is -2.50. The van der Waals surface area contributed by atoms with Crippen LogP contribution in [0.25, 0.3) is 22.3 Å². The summed E-state index contributed by atoms with van der Waals surface area (Å²) in [6.45, 7) is 1.72. The topological polar surface area (TPSA) is 83.1 Å². The third-order valence-corrected chi connectivity index (χ3v) is 3.62. The molecule has 0 unspecified atom stereocenters. The van der Waals surface area contributed by atoms with Crippen molar-refractivity contribution in [2.75, 3.05) is 13.1 Å². The summed E-state index contributed by atoms with van der Waals surface area (Å²) in [6, 6.07) is 8.97. The second kappa shape index (κ2) is 4.75. The van der Waals surface area contributed by atoms with Crippen LogP contribution in [-0.4, -0.2) is 39.5 Å². The fourth-order valence-electron chi connectivity index (χ4n) is 2.34. The molecule has 0 amide bonds. The molecule has 106 valence electrons. The molecule has 3 aromatic rings. The highest BCUT2D eigenvalue weighted by Crippen LogP contribution is 2.31. The largest absolute Gasteiger partial charge is 0.507 e. The molecule has 0 bridgehead atoms. The molecule has 0 radical (unpaired) electrons. The van der Waals surface area contributed by atoms with E-state index in [9.17, 15) is 5.11 Å². The van der Waals surface area contributed by atoms with Crippen molar-refractivity contribution in [3.8, 4) is 22.8 Å². The SMILES string of the molecule is Oc1ccccc1-c1cc2c(OC3CNC3)c[nH]c2nn1. The number of aromatic nitrogens is 3. The minimum absolute atomic E-state index is 0.187. The first-order chi connectivity index (χ1) is 10.3. The predicted molar refractivity (Wildman–Crippen MR) is 78.3 cm³/mol. The monoisotopic (exact) mass is 282 g/mol. The van der Waals surface area contributed by atoms with E-state index in [0.29, 0.717) is 16.9 Å². The number of hydrogen-bond acceptors (Lipinski definition) is 5. The Labute approximate surface area is 120 Å². The summed E-state index contributed by atoms with van der Waals surface area (Å²) in [4.78, 5) is 3.05. The van der Waals surface area contributed by atoms with Gasteiger partial charge in [0.1, 0.15) is 17.6 Å². The van der Waals surface area contributed by atoms with Crippen molar-refractivity contribution in [1.82, 2.24) is 20.5 Å². The van der Waals surface area contributed by atoms with Crippen molar-refractivity contribution in [2.45, 2.75) is 6.10 Å². The number of phenolic OH excluding ortho intramolecular Hbond substituents is 1. The minimum Gasteiger partial charge on any atom is -0.507 e. The molecular formula is C15H14N4O2. The molecular weight excluding hydrogens is 268 g/mol. The van der Waals surface area contributed by atoms with Gasteiger partial charge in [-0.05, 0) is 18.2 Å². The molecule has 1 aliphatic rings. The van der Waals surface area contributed by atoms with Crippen LogP contribution < -0.4 is 10.1 Å². The summed E-state index contributed by atoms with van der Waals surface area (Å²) in [5.41, 5.74) is 1.96. The highest BCUT2D eigenvalue weighted by Gasteiger charge is 2.20. The average molecular weight is 282 g/mol. The van der Waals surface area contributed by atoms with Gasteiger partial charge in [0, 0.05) is 24.8 Å². The fraction of sp³-hybridized carbons (Fsp3) is 0.200. The van der Waals surface area contributed by atoms with E-state index in [4.69, 9.17) is 4.74 Å². The van der Waals surface area contributed by atoms with E-state index in [0.717, 1.165) is 24.2 Å². The van der Waals surface area contributed by atoms with Gasteiger partial charge in [0.2, 0.25) is 0 Å². The van der Waals surface area contributed by atoms with Crippen LogP contribution in [0.4, 0.5) is 0 Å². The van der Waals surface area contributed by atoms with E-state index in [1.165, 1.54) is 0 Å². The lowest BCUT2D eigenvalue weighted by atomic mass is 10.1. The lowest BCUT2D eigenvalue weighted by molar-refractivity contribution is 0.144. The predicted octanol–water partition coefficient (Wildman–Crippen LogP) is 1.68. The number of nitrogens with zero attached hydrogens (tertiary/aromatic N) is 2. The van der Waals surface area contributed by atoms with Crippen molar-refractivity contribution in [1.29, 1.82) is 0 Å². The van der Waals surface area contributed by atoms with Gasteiger partial charge in [-0.15, -0.1) is 10.2 Å². The van der Waals surface area contributed by atoms with Gasteiger partial charge in [-0.25, -0.2) is 0 Å². The van der Waals surface area contributed by atoms with E-state index in [2.05, 4.69) is 20.5 Å². The van der Waals surface area contributed by atoms with E-state index in [-0.39, 0.29) is 11.9 Å². The number of aromatic hydroxyl groups is 1. The second-order valence-corrected chi connectivity index (χ2v) is 5.06. The molecule has 1 fully saturated rings. The molecule has 6 heteroatoms. The van der Waals surface area contributed by atoms with Crippen LogP contribution in [0.2, 0.25) is 0 Å². The summed E-state index contributed by atoms with van der Waals surface area (Å²) < 4.78 is 5.90. The number of fused-ring (bicyclic) bond motifs is 1. The van der Waals surface area contributed by atoms with Crippen LogP contribution in [-0.2, 0) is 0 Å². The van der Waals surface area contributed by atoms with Crippen LogP contribution in [0.1, 0.15) is 0 Å². The fourth-order valence-corrected chi connectivity index (χ4v) is 2.34. The summed E-state index contributed by atoms with van der Waals surface area (Å²) in [5, 5.41) is 22.3. The Kier molecular flexibility index (Phi) is 2.75. The number of ether oxygens (including phenoxy) is 1. The molecule has 3 N–H and O–H groups in total. The first-order valence-corrected chi connectivity index (χ1v) is 6.82. The summed E-state index contributed by atoms with van der Waals surface area (Å²) in [7, 11) is 0. The Morgan fingerprint density at radius 2 is 2.05 bits per heavy atom. The van der Waals surface area contributed by atoms with Crippen molar-refractivity contribution in [3.05, 3.63) is 36.5 Å². The average Bonchev–Trinajstić information content (AvgIpc) is 2.85. The van der Waals surface area contributed by atoms with Gasteiger partial charge < -0.3 is 20.1 Å². The Morgan fingerprint density at radius 3 is 2.81 bits per heavy atom. The smallest absolute Gasteiger partial charge is 0.163 e. The lowest BCUT2D eigenvalue weighted by Gasteiger charge is -2.27. The normalized spacial score (nSPS) is 15.0. The highest BCUT2D eigenvalue weighted by atomic mass is 16.5. The molecule has 0 atom stereocenters. The second-order valence-electron chi connectivity index (χ2n) is 5.06. The third-order valence-electron chi connectivity index (χ3n) is 3.62. The van der Waals surface area contributed by atoms with Crippen LogP contribution in [0.3, 0.4) is 0 Å². The van der Waals surface area contributed by atoms with Crippen LogP contribution in [0.5, 0.6) is 11.5 Å². The van der Waals surface area contributed by atoms with Crippen molar-refractivity contribution in [2.24, 2.45) is 0 Å². The first kappa shape index (κ1) is 12.2. The molecule has 6 nitrogen and oxygen atoms in total. The summed E-state index contributed by atoms with van der Waals surface area (Å²) in [5.74, 6) is 0.954. The number of para-hydroxylation sites is 1. The van der Waals surface area contributed by atoms with Crippen LogP contribution >= 0.6 is 0 Å². The molecule has 2 aromatic heterocycles. The van der Waals surface area contributed by atoms with Gasteiger partial charge in [0.15, 0.2) is 5.65 Å². The molecule has 3 heterocycles. The Balaban J connectivity index is 1.77. The quantitative estimate of drug-likeness (QED) is 0.681. The van der Waals surface area contributed by atoms with Gasteiger partial charge in [0.25, 0.3) is 0 Å². The number of H-pyrrole nitrogens is 1. The third kappa shape index (κ3) is 2.09. The number of nitrogens with one attached hydrogen (secondary N) is 2. The summed E-state index contributed by atoms with van der Waals surface area (Å²) >= 11 is 0. The Hall–Kier alpha value is -2.60. The maximum Gasteiger partial charge on any atom is 0.163 e.